The molecule has 1 aromatic carbocycles. The van der Waals surface area contributed by atoms with Gasteiger partial charge in [0.1, 0.15) is 12.0 Å². The van der Waals surface area contributed by atoms with E-state index >= 15 is 0 Å². The topological polar surface area (TPSA) is 54.3 Å². The largest absolute Gasteiger partial charge is 0.400 e. The molecule has 1 atom stereocenters. The number of alkyl halides is 1. The van der Waals surface area contributed by atoms with Crippen molar-refractivity contribution in [1.82, 2.24) is 9.88 Å². The third kappa shape index (κ3) is 4.83. The van der Waals surface area contributed by atoms with E-state index in [1.165, 1.54) is 12.2 Å². The van der Waals surface area contributed by atoms with E-state index in [1.807, 2.05) is 36.4 Å². The first kappa shape index (κ1) is 23.0. The average molecular weight is 412 g/mol. The molecule has 1 aliphatic carbocycles. The lowest BCUT2D eigenvalue weighted by molar-refractivity contribution is 0.111. The van der Waals surface area contributed by atoms with Crippen LogP contribution in [0.3, 0.4) is 0 Å². The molecular weight excluding hydrogens is 386 g/mol. The quantitative estimate of drug-likeness (QED) is 0.503. The molecule has 2 N–H and O–H groups in total. The first-order chi connectivity index (χ1) is 14.6. The molecule has 1 heterocycles. The van der Waals surface area contributed by atoms with E-state index in [2.05, 4.69) is 11.9 Å². The van der Waals surface area contributed by atoms with Crippen molar-refractivity contribution >= 4 is 22.8 Å². The molecule has 0 amide bonds. The van der Waals surface area contributed by atoms with Crippen LogP contribution in [-0.2, 0) is 6.54 Å². The minimum atomic E-state index is -1.40. The Labute approximate surface area is 175 Å². The van der Waals surface area contributed by atoms with Gasteiger partial charge in [0.2, 0.25) is 0 Å². The lowest BCUT2D eigenvalue weighted by Crippen LogP contribution is -2.15. The van der Waals surface area contributed by atoms with Gasteiger partial charge in [0, 0.05) is 43.6 Å². The summed E-state index contributed by atoms with van der Waals surface area (Å²) in [6, 6.07) is 7.58. The Morgan fingerprint density at radius 3 is 2.70 bits per heavy atom. The molecular formula is C24H26F2N2O2. The number of aliphatic hydroxyl groups excluding tert-OH is 1. The monoisotopic (exact) mass is 412 g/mol. The standard InChI is InChI=1S/C23H22F2N2O.CH4O/c1-3-16(7-6-12-26-2)23-19-8-4-5-9-21(19)27(22(23)15-28)14-17-10-11-18(24)13-20(17)25;1-2/h3-12,15,20,26H,1,13-14H2,2H3;2H,1H3/b12-6-,16-7+;. The number of hydrogen-bond donors (Lipinski definition) is 2. The predicted molar refractivity (Wildman–Crippen MR) is 119 cm³/mol. The van der Waals surface area contributed by atoms with Crippen molar-refractivity contribution in [3.63, 3.8) is 0 Å². The fourth-order valence-corrected chi connectivity index (χ4v) is 3.43. The number of carbonyl (C=O) groups excluding carboxylic acids is 1. The molecule has 1 unspecified atom stereocenters. The summed E-state index contributed by atoms with van der Waals surface area (Å²) in [5, 5.41) is 10.8. The Bertz CT molecular complexity index is 1030. The number of nitrogens with zero attached hydrogens (tertiary/aromatic N) is 1. The SMILES string of the molecule is C=C/C(=C\C=C/NC)c1c(C=O)n(CC2=CC=C(F)CC2F)c2ccccc12.CO. The highest BCUT2D eigenvalue weighted by Gasteiger charge is 2.23. The lowest BCUT2D eigenvalue weighted by Gasteiger charge is -2.17. The van der Waals surface area contributed by atoms with Gasteiger partial charge in [-0.05, 0) is 35.6 Å². The minimum absolute atomic E-state index is 0.177. The molecule has 0 radical (unpaired) electrons. The van der Waals surface area contributed by atoms with Crippen molar-refractivity contribution in [3.05, 3.63) is 90.1 Å². The number of hydrogen-bond acceptors (Lipinski definition) is 3. The fraction of sp³-hybridized carbons (Fsp3) is 0.208. The van der Waals surface area contributed by atoms with E-state index in [4.69, 9.17) is 5.11 Å². The molecule has 1 aromatic heterocycles. The van der Waals surface area contributed by atoms with Crippen LogP contribution in [0.2, 0.25) is 0 Å². The zero-order valence-electron chi connectivity index (χ0n) is 17.1. The second kappa shape index (κ2) is 11.1. The molecule has 0 fully saturated rings. The molecule has 0 saturated carbocycles. The van der Waals surface area contributed by atoms with Gasteiger partial charge in [0.05, 0.1) is 5.69 Å². The Morgan fingerprint density at radius 1 is 1.33 bits per heavy atom. The number of fused-ring (bicyclic) bond motifs is 1. The predicted octanol–water partition coefficient (Wildman–Crippen LogP) is 4.89. The van der Waals surface area contributed by atoms with E-state index in [9.17, 15) is 13.6 Å². The van der Waals surface area contributed by atoms with Gasteiger partial charge >= 0.3 is 0 Å². The molecule has 0 bridgehead atoms. The Morgan fingerprint density at radius 2 is 2.07 bits per heavy atom. The maximum absolute atomic E-state index is 14.4. The van der Waals surface area contributed by atoms with Gasteiger partial charge in [-0.3, -0.25) is 4.79 Å². The summed E-state index contributed by atoms with van der Waals surface area (Å²) >= 11 is 0. The minimum Gasteiger partial charge on any atom is -0.400 e. The van der Waals surface area contributed by atoms with Crippen molar-refractivity contribution in [2.45, 2.75) is 19.1 Å². The summed E-state index contributed by atoms with van der Waals surface area (Å²) in [5.74, 6) is -0.474. The van der Waals surface area contributed by atoms with Crippen molar-refractivity contribution in [2.75, 3.05) is 14.2 Å². The van der Waals surface area contributed by atoms with E-state index in [0.717, 1.165) is 35.4 Å². The van der Waals surface area contributed by atoms with Crippen LogP contribution in [0.15, 0.2) is 78.8 Å². The van der Waals surface area contributed by atoms with Crippen LogP contribution in [0.1, 0.15) is 22.5 Å². The zero-order valence-corrected chi connectivity index (χ0v) is 17.1. The number of aromatic nitrogens is 1. The van der Waals surface area contributed by atoms with Crippen LogP contribution in [0.5, 0.6) is 0 Å². The number of carbonyl (C=O) groups is 1. The summed E-state index contributed by atoms with van der Waals surface area (Å²) < 4.78 is 29.5. The Kier molecular flexibility index (Phi) is 8.50. The third-order valence-electron chi connectivity index (χ3n) is 4.77. The number of allylic oxidation sites excluding steroid dienone is 8. The number of aldehydes is 1. The number of aliphatic hydroxyl groups is 1. The molecule has 0 saturated heterocycles. The molecule has 0 aliphatic heterocycles. The first-order valence-corrected chi connectivity index (χ1v) is 9.48. The van der Waals surface area contributed by atoms with Crippen LogP contribution in [-0.4, -0.2) is 36.3 Å². The zero-order chi connectivity index (χ0) is 22.1. The second-order valence-electron chi connectivity index (χ2n) is 6.48. The highest BCUT2D eigenvalue weighted by Crippen LogP contribution is 2.34. The van der Waals surface area contributed by atoms with Crippen molar-refractivity contribution in [1.29, 1.82) is 0 Å². The van der Waals surface area contributed by atoms with Gasteiger partial charge in [0.15, 0.2) is 6.29 Å². The van der Waals surface area contributed by atoms with Crippen LogP contribution in [0.4, 0.5) is 8.78 Å². The van der Waals surface area contributed by atoms with Crippen LogP contribution in [0.25, 0.3) is 16.5 Å². The molecule has 1 aliphatic rings. The highest BCUT2D eigenvalue weighted by atomic mass is 19.1. The molecule has 0 spiro atoms. The van der Waals surface area contributed by atoms with Crippen molar-refractivity contribution in [2.24, 2.45) is 0 Å². The fourth-order valence-electron chi connectivity index (χ4n) is 3.43. The maximum atomic E-state index is 14.4. The lowest BCUT2D eigenvalue weighted by atomic mass is 10.0. The second-order valence-corrected chi connectivity index (χ2v) is 6.48. The van der Waals surface area contributed by atoms with Gasteiger partial charge in [0.25, 0.3) is 0 Å². The van der Waals surface area contributed by atoms with Crippen LogP contribution < -0.4 is 5.32 Å². The molecule has 30 heavy (non-hydrogen) atoms. The summed E-state index contributed by atoms with van der Waals surface area (Å²) in [6.07, 6.45) is 9.01. The van der Waals surface area contributed by atoms with E-state index < -0.39 is 12.0 Å². The average Bonchev–Trinajstić information content (AvgIpc) is 3.08. The third-order valence-corrected chi connectivity index (χ3v) is 4.77. The summed E-state index contributed by atoms with van der Waals surface area (Å²) in [4.78, 5) is 12.0. The first-order valence-electron chi connectivity index (χ1n) is 9.48. The Hall–Kier alpha value is -3.25. The summed E-state index contributed by atoms with van der Waals surface area (Å²) in [7, 11) is 2.79. The number of para-hydroxylation sites is 1. The van der Waals surface area contributed by atoms with Gasteiger partial charge in [-0.15, -0.1) is 0 Å². The van der Waals surface area contributed by atoms with Gasteiger partial charge in [-0.1, -0.05) is 43.0 Å². The number of benzene rings is 1. The number of rotatable bonds is 7. The van der Waals surface area contributed by atoms with E-state index in [0.29, 0.717) is 11.3 Å². The van der Waals surface area contributed by atoms with Crippen molar-refractivity contribution < 1.29 is 18.7 Å². The smallest absolute Gasteiger partial charge is 0.167 e. The molecule has 158 valence electrons. The van der Waals surface area contributed by atoms with Crippen LogP contribution in [0, 0.1) is 0 Å². The van der Waals surface area contributed by atoms with Crippen LogP contribution >= 0.6 is 0 Å². The molecule has 3 rings (SSSR count). The summed E-state index contributed by atoms with van der Waals surface area (Å²) in [5.41, 5.74) is 3.22. The Balaban J connectivity index is 0.00000155. The molecule has 4 nitrogen and oxygen atoms in total. The normalized spacial score (nSPS) is 16.6. The van der Waals surface area contributed by atoms with Crippen molar-refractivity contribution in [3.8, 4) is 0 Å². The molecule has 2 aromatic rings. The van der Waals surface area contributed by atoms with E-state index in [1.54, 1.807) is 23.9 Å². The number of nitrogens with one attached hydrogen (secondary N) is 1. The van der Waals surface area contributed by atoms with E-state index in [-0.39, 0.29) is 13.0 Å². The van der Waals surface area contributed by atoms with Gasteiger partial charge in [-0.2, -0.15) is 0 Å². The van der Waals surface area contributed by atoms with Gasteiger partial charge < -0.3 is 15.0 Å². The number of halogens is 2. The molecule has 6 heteroatoms. The maximum Gasteiger partial charge on any atom is 0.167 e. The highest BCUT2D eigenvalue weighted by molar-refractivity contribution is 6.03. The van der Waals surface area contributed by atoms with Gasteiger partial charge in [-0.25, -0.2) is 8.78 Å². The summed E-state index contributed by atoms with van der Waals surface area (Å²) in [6.45, 7) is 4.05.